The second kappa shape index (κ2) is 3.20. The predicted octanol–water partition coefficient (Wildman–Crippen LogP) is 2.26. The average molecular weight is 185 g/mol. The Morgan fingerprint density at radius 1 is 1.46 bits per heavy atom. The number of nitrogens with zero attached hydrogens (tertiary/aromatic N) is 1. The van der Waals surface area contributed by atoms with E-state index in [4.69, 9.17) is 4.74 Å². The zero-order valence-electron chi connectivity index (χ0n) is 9.13. The summed E-state index contributed by atoms with van der Waals surface area (Å²) in [5.74, 6) is 0.637. The largest absolute Gasteiger partial charge is 0.444 e. The number of carbonyl (C=O) groups is 1. The Kier molecular flexibility index (Phi) is 2.55. The van der Waals surface area contributed by atoms with Gasteiger partial charge in [-0.2, -0.15) is 0 Å². The Morgan fingerprint density at radius 3 is 2.23 bits per heavy atom. The number of carbonyl (C=O) groups excluding carboxylic acids is 1. The van der Waals surface area contributed by atoms with E-state index in [-0.39, 0.29) is 11.7 Å². The van der Waals surface area contributed by atoms with Crippen molar-refractivity contribution in [2.75, 3.05) is 7.05 Å². The number of hydrogen-bond donors (Lipinski definition) is 0. The molecule has 1 amide bonds. The smallest absolute Gasteiger partial charge is 0.410 e. The highest BCUT2D eigenvalue weighted by molar-refractivity contribution is 5.68. The zero-order valence-corrected chi connectivity index (χ0v) is 9.13. The Hall–Kier alpha value is -0.730. The van der Waals surface area contributed by atoms with E-state index in [1.807, 2.05) is 27.8 Å². The van der Waals surface area contributed by atoms with Crippen LogP contribution in [-0.4, -0.2) is 29.7 Å². The van der Waals surface area contributed by atoms with Gasteiger partial charge in [-0.1, -0.05) is 6.92 Å². The number of rotatable bonds is 1. The summed E-state index contributed by atoms with van der Waals surface area (Å²) in [6, 6.07) is 0.398. The molecule has 0 aliphatic heterocycles. The van der Waals surface area contributed by atoms with Gasteiger partial charge in [-0.25, -0.2) is 4.79 Å². The van der Waals surface area contributed by atoms with Gasteiger partial charge in [-0.05, 0) is 33.1 Å². The quantitative estimate of drug-likeness (QED) is 0.627. The van der Waals surface area contributed by atoms with Crippen LogP contribution >= 0.6 is 0 Å². The van der Waals surface area contributed by atoms with Gasteiger partial charge in [0, 0.05) is 13.1 Å². The van der Waals surface area contributed by atoms with Crippen molar-refractivity contribution in [2.45, 2.75) is 45.8 Å². The van der Waals surface area contributed by atoms with Crippen LogP contribution in [0.2, 0.25) is 0 Å². The van der Waals surface area contributed by atoms with Gasteiger partial charge >= 0.3 is 6.09 Å². The predicted molar refractivity (Wildman–Crippen MR) is 51.6 cm³/mol. The molecule has 0 radical (unpaired) electrons. The van der Waals surface area contributed by atoms with Crippen LogP contribution in [0.25, 0.3) is 0 Å². The van der Waals surface area contributed by atoms with Crippen molar-refractivity contribution in [2.24, 2.45) is 5.92 Å². The molecule has 1 rings (SSSR count). The Labute approximate surface area is 80.1 Å². The van der Waals surface area contributed by atoms with E-state index < -0.39 is 0 Å². The lowest BCUT2D eigenvalue weighted by Gasteiger charge is -2.24. The van der Waals surface area contributed by atoms with E-state index in [1.54, 1.807) is 4.90 Å². The fourth-order valence-corrected chi connectivity index (χ4v) is 1.31. The van der Waals surface area contributed by atoms with Crippen molar-refractivity contribution in [1.82, 2.24) is 4.90 Å². The Bertz CT molecular complexity index is 207. The molecule has 0 unspecified atom stereocenters. The number of amides is 1. The third-order valence-corrected chi connectivity index (χ3v) is 2.25. The molecule has 1 saturated carbocycles. The SMILES string of the molecule is C[C@H]1C[C@@H]1N(C)C(=O)OC(C)(C)C. The standard InChI is InChI=1S/C10H19NO2/c1-7-6-8(7)11(5)9(12)13-10(2,3)4/h7-8H,6H2,1-5H3/t7-,8-/m0/s1. The van der Waals surface area contributed by atoms with Gasteiger partial charge in [0.15, 0.2) is 0 Å². The van der Waals surface area contributed by atoms with Gasteiger partial charge in [-0.3, -0.25) is 0 Å². The van der Waals surface area contributed by atoms with Crippen molar-refractivity contribution in [3.8, 4) is 0 Å². The van der Waals surface area contributed by atoms with E-state index in [0.717, 1.165) is 6.42 Å². The molecule has 2 atom stereocenters. The second-order valence-corrected chi connectivity index (χ2v) is 4.87. The maximum absolute atomic E-state index is 11.5. The first kappa shape index (κ1) is 10.4. The lowest BCUT2D eigenvalue weighted by Crippen LogP contribution is -2.35. The Balaban J connectivity index is 2.39. The maximum Gasteiger partial charge on any atom is 0.410 e. The van der Waals surface area contributed by atoms with E-state index in [9.17, 15) is 4.79 Å². The highest BCUT2D eigenvalue weighted by Gasteiger charge is 2.39. The summed E-state index contributed by atoms with van der Waals surface area (Å²) in [7, 11) is 1.81. The van der Waals surface area contributed by atoms with Crippen molar-refractivity contribution in [1.29, 1.82) is 0 Å². The molecule has 0 heterocycles. The van der Waals surface area contributed by atoms with Gasteiger partial charge in [0.05, 0.1) is 0 Å². The van der Waals surface area contributed by atoms with Crippen LogP contribution in [0.15, 0.2) is 0 Å². The van der Waals surface area contributed by atoms with Crippen LogP contribution in [0, 0.1) is 5.92 Å². The summed E-state index contributed by atoms with van der Waals surface area (Å²) >= 11 is 0. The second-order valence-electron chi connectivity index (χ2n) is 4.87. The molecular formula is C10H19NO2. The first-order valence-electron chi connectivity index (χ1n) is 4.77. The molecule has 1 aliphatic carbocycles. The summed E-state index contributed by atoms with van der Waals surface area (Å²) < 4.78 is 5.24. The van der Waals surface area contributed by atoms with Crippen LogP contribution in [0.1, 0.15) is 34.1 Å². The molecule has 0 aromatic carbocycles. The highest BCUT2D eigenvalue weighted by Crippen LogP contribution is 2.34. The van der Waals surface area contributed by atoms with Crippen molar-refractivity contribution in [3.63, 3.8) is 0 Å². The van der Waals surface area contributed by atoms with Gasteiger partial charge in [0.2, 0.25) is 0 Å². The van der Waals surface area contributed by atoms with Crippen molar-refractivity contribution < 1.29 is 9.53 Å². The zero-order chi connectivity index (χ0) is 10.2. The summed E-state index contributed by atoms with van der Waals surface area (Å²) in [6.07, 6.45) is 0.900. The van der Waals surface area contributed by atoms with E-state index in [1.165, 1.54) is 0 Å². The molecule has 0 aromatic heterocycles. The van der Waals surface area contributed by atoms with E-state index in [2.05, 4.69) is 6.92 Å². The third kappa shape index (κ3) is 2.90. The van der Waals surface area contributed by atoms with E-state index >= 15 is 0 Å². The molecule has 0 spiro atoms. The minimum absolute atomic E-state index is 0.207. The molecule has 1 fully saturated rings. The molecule has 1 aliphatic rings. The molecule has 76 valence electrons. The topological polar surface area (TPSA) is 29.5 Å². The summed E-state index contributed by atoms with van der Waals surface area (Å²) in [5.41, 5.74) is -0.385. The van der Waals surface area contributed by atoms with Crippen LogP contribution in [0.3, 0.4) is 0 Å². The lowest BCUT2D eigenvalue weighted by atomic mass is 10.2. The lowest BCUT2D eigenvalue weighted by molar-refractivity contribution is 0.0278. The fourth-order valence-electron chi connectivity index (χ4n) is 1.31. The normalized spacial score (nSPS) is 26.8. The van der Waals surface area contributed by atoms with Crippen LogP contribution in [0.4, 0.5) is 4.79 Å². The summed E-state index contributed by atoms with van der Waals surface area (Å²) in [6.45, 7) is 7.80. The molecule has 0 bridgehead atoms. The van der Waals surface area contributed by atoms with Crippen LogP contribution < -0.4 is 0 Å². The minimum Gasteiger partial charge on any atom is -0.444 e. The molecule has 0 saturated heterocycles. The van der Waals surface area contributed by atoms with Crippen molar-refractivity contribution in [3.05, 3.63) is 0 Å². The minimum atomic E-state index is -0.385. The molecule has 13 heavy (non-hydrogen) atoms. The molecule has 3 heteroatoms. The maximum atomic E-state index is 11.5. The molecule has 0 N–H and O–H groups in total. The number of hydrogen-bond acceptors (Lipinski definition) is 2. The first-order valence-corrected chi connectivity index (χ1v) is 4.77. The molecular weight excluding hydrogens is 166 g/mol. The van der Waals surface area contributed by atoms with E-state index in [0.29, 0.717) is 12.0 Å². The fraction of sp³-hybridized carbons (Fsp3) is 0.900. The molecule has 3 nitrogen and oxygen atoms in total. The van der Waals surface area contributed by atoms with Crippen molar-refractivity contribution >= 4 is 6.09 Å². The monoisotopic (exact) mass is 185 g/mol. The van der Waals surface area contributed by atoms with Gasteiger partial charge in [-0.15, -0.1) is 0 Å². The van der Waals surface area contributed by atoms with Gasteiger partial charge in [0.25, 0.3) is 0 Å². The highest BCUT2D eigenvalue weighted by atomic mass is 16.6. The number of ether oxygens (including phenoxy) is 1. The van der Waals surface area contributed by atoms with Crippen LogP contribution in [0.5, 0.6) is 0 Å². The first-order chi connectivity index (χ1) is 5.81. The Morgan fingerprint density at radius 2 is 1.92 bits per heavy atom. The summed E-state index contributed by atoms with van der Waals surface area (Å²) in [5, 5.41) is 0. The van der Waals surface area contributed by atoms with Gasteiger partial charge in [0.1, 0.15) is 5.60 Å². The average Bonchev–Trinajstić information content (AvgIpc) is 2.61. The summed E-state index contributed by atoms with van der Waals surface area (Å²) in [4.78, 5) is 13.2. The third-order valence-electron chi connectivity index (χ3n) is 2.25. The molecule has 0 aromatic rings. The van der Waals surface area contributed by atoms with Gasteiger partial charge < -0.3 is 9.64 Å². The van der Waals surface area contributed by atoms with Crippen LogP contribution in [-0.2, 0) is 4.74 Å².